The zero-order valence-corrected chi connectivity index (χ0v) is 24.5. The van der Waals surface area contributed by atoms with Crippen molar-refractivity contribution in [3.05, 3.63) is 108 Å². The van der Waals surface area contributed by atoms with Gasteiger partial charge in [-0.05, 0) is 48.0 Å². The molecule has 0 fully saturated rings. The molecule has 220 valence electrons. The van der Waals surface area contributed by atoms with Crippen molar-refractivity contribution in [2.24, 2.45) is 0 Å². The second kappa shape index (κ2) is 14.7. The van der Waals surface area contributed by atoms with E-state index in [1.54, 1.807) is 48.5 Å². The Balaban J connectivity index is 1.54. The smallest absolute Gasteiger partial charge is 0.326 e. The van der Waals surface area contributed by atoms with Crippen LogP contribution < -0.4 is 9.62 Å². The molecule has 0 spiro atoms. The van der Waals surface area contributed by atoms with E-state index in [-0.39, 0.29) is 18.7 Å². The number of aliphatic carboxylic acids is 1. The minimum Gasteiger partial charge on any atom is -0.755 e. The van der Waals surface area contributed by atoms with Gasteiger partial charge in [-0.25, -0.2) is 9.78 Å². The van der Waals surface area contributed by atoms with E-state index in [2.05, 4.69) is 29.0 Å². The molecule has 0 bridgehead atoms. The third-order valence-corrected chi connectivity index (χ3v) is 7.98. The molecule has 1 aromatic heterocycles. The fourth-order valence-electron chi connectivity index (χ4n) is 4.88. The number of nitrogens with one attached hydrogen (secondary N) is 1. The van der Waals surface area contributed by atoms with Crippen molar-refractivity contribution < 1.29 is 23.5 Å². The molecule has 0 radical (unpaired) electrons. The molecule has 3 atom stereocenters. The molecule has 1 amide bonds. The molecule has 0 aliphatic heterocycles. The number of hydrogen-bond donors (Lipinski definition) is 2. The van der Waals surface area contributed by atoms with Crippen LogP contribution in [-0.2, 0) is 33.8 Å². The Hall–Kier alpha value is -4.12. The van der Waals surface area contributed by atoms with Gasteiger partial charge in [-0.15, -0.1) is 0 Å². The maximum atomic E-state index is 13.3. The maximum absolute atomic E-state index is 13.3. The zero-order valence-electron chi connectivity index (χ0n) is 23.7. The van der Waals surface area contributed by atoms with Gasteiger partial charge < -0.3 is 15.0 Å². The molecular weight excluding hydrogens is 552 g/mol. The van der Waals surface area contributed by atoms with Crippen molar-refractivity contribution in [3.8, 4) is 0 Å². The predicted molar refractivity (Wildman–Crippen MR) is 163 cm³/mol. The molecule has 42 heavy (non-hydrogen) atoms. The average molecular weight is 588 g/mol. The van der Waals surface area contributed by atoms with Crippen LogP contribution in [0.1, 0.15) is 43.0 Å². The Morgan fingerprint density at radius 1 is 0.905 bits per heavy atom. The van der Waals surface area contributed by atoms with E-state index in [4.69, 9.17) is 0 Å². The molecule has 0 aliphatic carbocycles. The van der Waals surface area contributed by atoms with Crippen LogP contribution in [0.2, 0.25) is 0 Å². The number of aromatic nitrogens is 1. The Labute approximate surface area is 248 Å². The van der Waals surface area contributed by atoms with Gasteiger partial charge in [-0.3, -0.25) is 18.2 Å². The molecule has 0 saturated heterocycles. The van der Waals surface area contributed by atoms with Gasteiger partial charge in [-0.1, -0.05) is 86.6 Å². The van der Waals surface area contributed by atoms with Crippen LogP contribution in [-0.4, -0.2) is 54.8 Å². The molecule has 2 N–H and O–H groups in total. The van der Waals surface area contributed by atoms with Crippen molar-refractivity contribution >= 4 is 39.9 Å². The number of nitrogens with zero attached hydrogens (tertiary/aromatic N) is 3. The monoisotopic (exact) mass is 587 g/mol. The molecule has 4 aromatic rings. The van der Waals surface area contributed by atoms with Gasteiger partial charge in [-0.2, -0.15) is 0 Å². The summed E-state index contributed by atoms with van der Waals surface area (Å²) in [5, 5.41) is 13.4. The Kier molecular flexibility index (Phi) is 10.8. The second-order valence-corrected chi connectivity index (χ2v) is 10.8. The van der Waals surface area contributed by atoms with Crippen LogP contribution in [0.3, 0.4) is 0 Å². The molecule has 1 heterocycles. The Bertz CT molecular complexity index is 1510. The summed E-state index contributed by atoms with van der Waals surface area (Å²) in [7, 11) is 0. The minimum atomic E-state index is -2.78. The number of carbonyl (C=O) groups excluding carboxylic acids is 1. The number of rotatable bonds is 14. The molecule has 0 saturated carbocycles. The third-order valence-electron chi connectivity index (χ3n) is 7.21. The van der Waals surface area contributed by atoms with E-state index in [1.807, 2.05) is 42.5 Å². The molecule has 10 heteroatoms. The van der Waals surface area contributed by atoms with Crippen LogP contribution in [0.25, 0.3) is 10.9 Å². The number of carboxylic acid groups (broad SMARTS) is 1. The molecule has 0 aliphatic rings. The van der Waals surface area contributed by atoms with Gasteiger partial charge in [0.15, 0.2) is 0 Å². The first-order chi connectivity index (χ1) is 20.3. The van der Waals surface area contributed by atoms with E-state index in [1.165, 1.54) is 0 Å². The fraction of sp³-hybridized carbons (Fsp3) is 0.281. The topological polar surface area (TPSA) is 126 Å². The number of para-hydroxylation sites is 1. The lowest BCUT2D eigenvalue weighted by Gasteiger charge is -2.34. The van der Waals surface area contributed by atoms with Crippen LogP contribution in [0.5, 0.6) is 0 Å². The summed E-state index contributed by atoms with van der Waals surface area (Å²) in [6.07, 6.45) is -0.217. The quantitative estimate of drug-likeness (QED) is 0.206. The molecule has 9 nitrogen and oxygen atoms in total. The number of benzene rings is 3. The molecule has 3 unspecified atom stereocenters. The summed E-state index contributed by atoms with van der Waals surface area (Å²) < 4.78 is 26.2. The summed E-state index contributed by atoms with van der Waals surface area (Å²) in [6.45, 7) is 6.88. The van der Waals surface area contributed by atoms with Crippen molar-refractivity contribution in [2.45, 2.75) is 45.3 Å². The lowest BCUT2D eigenvalue weighted by atomic mass is 10.0. The zero-order chi connectivity index (χ0) is 30.1. The lowest BCUT2D eigenvalue weighted by molar-refractivity contribution is -0.141. The number of amides is 1. The summed E-state index contributed by atoms with van der Waals surface area (Å²) in [5.41, 5.74) is 3.07. The maximum Gasteiger partial charge on any atom is 0.326 e. The van der Waals surface area contributed by atoms with E-state index in [0.29, 0.717) is 11.1 Å². The number of carboxylic acids is 1. The average Bonchev–Trinajstić information content (AvgIpc) is 3.00. The van der Waals surface area contributed by atoms with E-state index >= 15 is 0 Å². The summed E-state index contributed by atoms with van der Waals surface area (Å²) in [5.74, 6) is -1.61. The van der Waals surface area contributed by atoms with Crippen LogP contribution in [0.15, 0.2) is 91.0 Å². The summed E-state index contributed by atoms with van der Waals surface area (Å²) in [6, 6.07) is 25.0. The second-order valence-electron chi connectivity index (χ2n) is 9.98. The van der Waals surface area contributed by atoms with Crippen LogP contribution >= 0.6 is 0 Å². The SMILES string of the molecule is CCN(CC)Cc1ccc(CC(NC(=O)CC(c2ccccc2)N(c2ccc3ccccc3n2)S(=O)[O-])C(=O)O)cc1. The van der Waals surface area contributed by atoms with Gasteiger partial charge in [0.1, 0.15) is 11.9 Å². The minimum absolute atomic E-state index is 0.0893. The summed E-state index contributed by atoms with van der Waals surface area (Å²) >= 11 is -2.78. The largest absolute Gasteiger partial charge is 0.755 e. The number of fused-ring (bicyclic) bond motifs is 1. The van der Waals surface area contributed by atoms with Crippen molar-refractivity contribution in [3.63, 3.8) is 0 Å². The van der Waals surface area contributed by atoms with E-state index < -0.39 is 35.2 Å². The number of carbonyl (C=O) groups is 2. The third kappa shape index (κ3) is 8.00. The van der Waals surface area contributed by atoms with Crippen molar-refractivity contribution in [1.29, 1.82) is 0 Å². The van der Waals surface area contributed by atoms with Crippen LogP contribution in [0, 0.1) is 0 Å². The van der Waals surface area contributed by atoms with Gasteiger partial charge in [0.25, 0.3) is 0 Å². The fourth-order valence-corrected chi connectivity index (χ4v) is 5.54. The van der Waals surface area contributed by atoms with Gasteiger partial charge in [0, 0.05) is 29.6 Å². The van der Waals surface area contributed by atoms with Crippen LogP contribution in [0.4, 0.5) is 5.82 Å². The molecular formula is C32H35N4O5S-. The van der Waals surface area contributed by atoms with Gasteiger partial charge in [0.2, 0.25) is 5.91 Å². The first kappa shape index (κ1) is 30.8. The first-order valence-corrected chi connectivity index (χ1v) is 14.9. The van der Waals surface area contributed by atoms with Gasteiger partial charge >= 0.3 is 5.97 Å². The van der Waals surface area contributed by atoms with E-state index in [9.17, 15) is 23.5 Å². The number of anilines is 1. The highest BCUT2D eigenvalue weighted by atomic mass is 32.2. The van der Waals surface area contributed by atoms with Crippen molar-refractivity contribution in [1.82, 2.24) is 15.2 Å². The van der Waals surface area contributed by atoms with E-state index in [0.717, 1.165) is 40.5 Å². The highest BCUT2D eigenvalue weighted by Gasteiger charge is 2.28. The molecule has 4 rings (SSSR count). The highest BCUT2D eigenvalue weighted by molar-refractivity contribution is 7.80. The standard InChI is InChI=1S/C32H36N4O5S/c1-3-35(4-2)22-24-16-14-23(15-17-24)20-28(32(38)39)34-31(37)21-29(26-11-6-5-7-12-26)36(42(40)41)30-19-18-25-10-8-9-13-27(25)33-30/h5-19,28-29H,3-4,20-22H2,1-2H3,(H,34,37)(H,38,39)(H,40,41)/p-1. The van der Waals surface area contributed by atoms with Gasteiger partial charge in [0.05, 0.1) is 18.0 Å². The normalized spacial score (nSPS) is 13.4. The predicted octanol–water partition coefficient (Wildman–Crippen LogP) is 4.62. The van der Waals surface area contributed by atoms with Crippen molar-refractivity contribution in [2.75, 3.05) is 17.4 Å². The number of hydrogen-bond acceptors (Lipinski definition) is 6. The Morgan fingerprint density at radius 2 is 1.55 bits per heavy atom. The Morgan fingerprint density at radius 3 is 2.19 bits per heavy atom. The highest BCUT2D eigenvalue weighted by Crippen LogP contribution is 2.31. The lowest BCUT2D eigenvalue weighted by Crippen LogP contribution is -2.44. The summed E-state index contributed by atoms with van der Waals surface area (Å²) in [4.78, 5) is 32.3. The molecule has 3 aromatic carbocycles. The first-order valence-electron chi connectivity index (χ1n) is 13.9. The number of pyridine rings is 1.